The molecule has 0 atom stereocenters. The molecule has 0 fully saturated rings. The van der Waals surface area contributed by atoms with Crippen LogP contribution in [0.2, 0.25) is 0 Å². The van der Waals surface area contributed by atoms with E-state index >= 15 is 0 Å². The van der Waals surface area contributed by atoms with Gasteiger partial charge < -0.3 is 18.3 Å². The van der Waals surface area contributed by atoms with E-state index in [-0.39, 0.29) is 13.2 Å². The van der Waals surface area contributed by atoms with Crippen LogP contribution in [0.15, 0.2) is 58.0 Å². The fourth-order valence-electron chi connectivity index (χ4n) is 1.37. The normalized spacial score (nSPS) is 10.4. The number of nitrogens with one attached hydrogen (secondary N) is 2. The highest BCUT2D eigenvalue weighted by molar-refractivity contribution is 5.70. The molecule has 0 aromatic carbocycles. The van der Waals surface area contributed by atoms with Gasteiger partial charge in [0.05, 0.1) is 12.5 Å². The fourth-order valence-corrected chi connectivity index (χ4v) is 1.37. The molecule has 2 N–H and O–H groups in total. The molecule has 2 aromatic heterocycles. The number of furan rings is 2. The van der Waals surface area contributed by atoms with Crippen molar-refractivity contribution in [2.75, 3.05) is 0 Å². The highest BCUT2D eigenvalue weighted by atomic mass is 16.6. The SMILES string of the molecule is O=C(NC=CNC(=O)OCc1ccco1)OCc1ccco1. The highest BCUT2D eigenvalue weighted by Gasteiger charge is 2.03. The number of hydrogen-bond acceptors (Lipinski definition) is 6. The number of alkyl carbamates (subject to hydrolysis) is 2. The Labute approximate surface area is 125 Å². The van der Waals surface area contributed by atoms with E-state index in [1.165, 1.54) is 24.9 Å². The van der Waals surface area contributed by atoms with Crippen molar-refractivity contribution < 1.29 is 27.9 Å². The molecule has 0 aliphatic carbocycles. The van der Waals surface area contributed by atoms with Crippen LogP contribution in [0.1, 0.15) is 11.5 Å². The van der Waals surface area contributed by atoms with Gasteiger partial charge in [-0.05, 0) is 24.3 Å². The zero-order valence-electron chi connectivity index (χ0n) is 11.5. The molecular weight excluding hydrogens is 292 g/mol. The summed E-state index contributed by atoms with van der Waals surface area (Å²) >= 11 is 0. The highest BCUT2D eigenvalue weighted by Crippen LogP contribution is 2.02. The molecule has 2 aromatic rings. The number of rotatable bonds is 6. The molecule has 0 radical (unpaired) electrons. The zero-order valence-corrected chi connectivity index (χ0v) is 11.5. The fraction of sp³-hybridized carbons (Fsp3) is 0.143. The molecule has 0 saturated carbocycles. The average Bonchev–Trinajstić information content (AvgIpc) is 3.20. The first-order valence-electron chi connectivity index (χ1n) is 6.30. The van der Waals surface area contributed by atoms with Crippen LogP contribution < -0.4 is 10.6 Å². The topological polar surface area (TPSA) is 103 Å². The minimum Gasteiger partial charge on any atom is -0.466 e. The predicted molar refractivity (Wildman–Crippen MR) is 73.2 cm³/mol. The second-order valence-electron chi connectivity index (χ2n) is 3.93. The molecule has 116 valence electrons. The first kappa shape index (κ1) is 15.2. The molecule has 0 aliphatic heterocycles. The maximum Gasteiger partial charge on any atom is 0.411 e. The molecule has 8 nitrogen and oxygen atoms in total. The van der Waals surface area contributed by atoms with Crippen molar-refractivity contribution in [3.8, 4) is 0 Å². The smallest absolute Gasteiger partial charge is 0.411 e. The van der Waals surface area contributed by atoms with Gasteiger partial charge in [-0.3, -0.25) is 10.6 Å². The quantitative estimate of drug-likeness (QED) is 0.850. The molecule has 0 bridgehead atoms. The first-order chi connectivity index (χ1) is 10.7. The lowest BCUT2D eigenvalue weighted by atomic mass is 10.5. The summed E-state index contributed by atoms with van der Waals surface area (Å²) in [6.07, 6.45) is 4.01. The van der Waals surface area contributed by atoms with E-state index in [1.54, 1.807) is 24.3 Å². The second-order valence-corrected chi connectivity index (χ2v) is 3.93. The summed E-state index contributed by atoms with van der Waals surface area (Å²) in [6.45, 7) is 0.0383. The summed E-state index contributed by atoms with van der Waals surface area (Å²) in [5.41, 5.74) is 0. The van der Waals surface area contributed by atoms with E-state index in [2.05, 4.69) is 10.6 Å². The van der Waals surface area contributed by atoms with Crippen molar-refractivity contribution in [3.63, 3.8) is 0 Å². The van der Waals surface area contributed by atoms with Crippen LogP contribution in [0.4, 0.5) is 9.59 Å². The van der Waals surface area contributed by atoms with Crippen LogP contribution >= 0.6 is 0 Å². The third-order valence-corrected chi connectivity index (χ3v) is 2.34. The Balaban J connectivity index is 1.56. The summed E-state index contributed by atoms with van der Waals surface area (Å²) in [7, 11) is 0. The van der Waals surface area contributed by atoms with Gasteiger partial charge >= 0.3 is 12.2 Å². The van der Waals surface area contributed by atoms with Crippen LogP contribution in [0.3, 0.4) is 0 Å². The van der Waals surface area contributed by atoms with Crippen molar-refractivity contribution in [1.82, 2.24) is 10.6 Å². The lowest BCUT2D eigenvalue weighted by Gasteiger charge is -2.03. The Morgan fingerprint density at radius 1 is 0.909 bits per heavy atom. The van der Waals surface area contributed by atoms with E-state index < -0.39 is 12.2 Å². The van der Waals surface area contributed by atoms with Gasteiger partial charge in [0.2, 0.25) is 0 Å². The minimum atomic E-state index is -0.682. The number of ether oxygens (including phenoxy) is 2. The Hall–Kier alpha value is -3.16. The maximum absolute atomic E-state index is 11.3. The van der Waals surface area contributed by atoms with E-state index in [9.17, 15) is 9.59 Å². The van der Waals surface area contributed by atoms with E-state index in [4.69, 9.17) is 18.3 Å². The Kier molecular flexibility index (Phi) is 5.68. The molecule has 22 heavy (non-hydrogen) atoms. The molecule has 2 rings (SSSR count). The summed E-state index contributed by atoms with van der Waals surface area (Å²) in [5, 5.41) is 4.60. The summed E-state index contributed by atoms with van der Waals surface area (Å²) in [4.78, 5) is 22.6. The molecule has 8 heteroatoms. The molecule has 0 aliphatic rings. The maximum atomic E-state index is 11.3. The van der Waals surface area contributed by atoms with Crippen molar-refractivity contribution >= 4 is 12.2 Å². The summed E-state index contributed by atoms with van der Waals surface area (Å²) in [6, 6.07) is 6.74. The van der Waals surface area contributed by atoms with Gasteiger partial charge in [-0.2, -0.15) is 0 Å². The van der Waals surface area contributed by atoms with Crippen LogP contribution in [0, 0.1) is 0 Å². The van der Waals surface area contributed by atoms with Gasteiger partial charge in [-0.15, -0.1) is 0 Å². The second kappa shape index (κ2) is 8.20. The Morgan fingerprint density at radius 2 is 1.36 bits per heavy atom. The Bertz CT molecular complexity index is 549. The van der Waals surface area contributed by atoms with E-state index in [0.717, 1.165) is 0 Å². The summed E-state index contributed by atoms with van der Waals surface area (Å²) < 4.78 is 19.7. The van der Waals surface area contributed by atoms with Gasteiger partial charge in [-0.1, -0.05) is 0 Å². The summed E-state index contributed by atoms with van der Waals surface area (Å²) in [5.74, 6) is 1.05. The predicted octanol–water partition coefficient (Wildman–Crippen LogP) is 2.50. The number of carbonyl (C=O) groups excluding carboxylic acids is 2. The van der Waals surface area contributed by atoms with Crippen molar-refractivity contribution in [2.45, 2.75) is 13.2 Å². The van der Waals surface area contributed by atoms with Gasteiger partial charge in [0.25, 0.3) is 0 Å². The van der Waals surface area contributed by atoms with Crippen molar-refractivity contribution in [2.24, 2.45) is 0 Å². The zero-order chi connectivity index (χ0) is 15.6. The standard InChI is InChI=1S/C14H14N2O6/c17-13(21-9-11-3-1-7-19-11)15-5-6-16-14(18)22-10-12-4-2-8-20-12/h1-8H,9-10H2,(H,15,17)(H,16,18). The van der Waals surface area contributed by atoms with Crippen molar-refractivity contribution in [3.05, 3.63) is 60.7 Å². The van der Waals surface area contributed by atoms with Crippen LogP contribution in [-0.4, -0.2) is 12.2 Å². The lowest BCUT2D eigenvalue weighted by molar-refractivity contribution is 0.133. The first-order valence-corrected chi connectivity index (χ1v) is 6.30. The van der Waals surface area contributed by atoms with Gasteiger partial charge in [0, 0.05) is 12.4 Å². The van der Waals surface area contributed by atoms with E-state index in [0.29, 0.717) is 11.5 Å². The number of amides is 2. The third kappa shape index (κ3) is 5.45. The monoisotopic (exact) mass is 306 g/mol. The number of carbonyl (C=O) groups is 2. The molecule has 0 unspecified atom stereocenters. The largest absolute Gasteiger partial charge is 0.466 e. The van der Waals surface area contributed by atoms with Gasteiger partial charge in [0.1, 0.15) is 11.5 Å². The average molecular weight is 306 g/mol. The van der Waals surface area contributed by atoms with Gasteiger partial charge in [0.15, 0.2) is 13.2 Å². The van der Waals surface area contributed by atoms with Crippen molar-refractivity contribution in [1.29, 1.82) is 0 Å². The molecule has 2 heterocycles. The van der Waals surface area contributed by atoms with Crippen LogP contribution in [-0.2, 0) is 22.7 Å². The lowest BCUT2D eigenvalue weighted by Crippen LogP contribution is -2.22. The molecule has 0 saturated heterocycles. The molecular formula is C14H14N2O6. The minimum absolute atomic E-state index is 0.0191. The molecule has 0 spiro atoms. The molecule has 2 amide bonds. The Morgan fingerprint density at radius 3 is 1.73 bits per heavy atom. The number of hydrogen-bond donors (Lipinski definition) is 2. The van der Waals surface area contributed by atoms with Crippen LogP contribution in [0.5, 0.6) is 0 Å². The van der Waals surface area contributed by atoms with Crippen LogP contribution in [0.25, 0.3) is 0 Å². The van der Waals surface area contributed by atoms with E-state index in [1.807, 2.05) is 0 Å². The third-order valence-electron chi connectivity index (χ3n) is 2.34. The van der Waals surface area contributed by atoms with Gasteiger partial charge in [-0.25, -0.2) is 9.59 Å².